The van der Waals surface area contributed by atoms with Crippen LogP contribution in [0.15, 0.2) is 24.3 Å². The van der Waals surface area contributed by atoms with Crippen molar-refractivity contribution < 1.29 is 4.79 Å². The molecule has 1 aromatic carbocycles. The molecule has 1 aliphatic rings. The molecule has 1 heterocycles. The SMILES string of the molecule is CC(C)N1CCC(C(=O)N[C@H](C)Cc2ccc(N(C)C)cc2)CC1. The van der Waals surface area contributed by atoms with Crippen LogP contribution in [0.5, 0.6) is 0 Å². The van der Waals surface area contributed by atoms with E-state index in [1.54, 1.807) is 0 Å². The molecule has 0 unspecified atom stereocenters. The molecule has 1 atom stereocenters. The number of nitrogens with zero attached hydrogens (tertiary/aromatic N) is 2. The Morgan fingerprint density at radius 3 is 2.25 bits per heavy atom. The highest BCUT2D eigenvalue weighted by atomic mass is 16.1. The number of hydrogen-bond donors (Lipinski definition) is 1. The summed E-state index contributed by atoms with van der Waals surface area (Å²) in [7, 11) is 4.09. The first-order valence-corrected chi connectivity index (χ1v) is 9.17. The summed E-state index contributed by atoms with van der Waals surface area (Å²) < 4.78 is 0. The number of hydrogen-bond acceptors (Lipinski definition) is 3. The van der Waals surface area contributed by atoms with Crippen molar-refractivity contribution in [2.45, 2.75) is 52.1 Å². The second kappa shape index (κ2) is 8.52. The molecule has 4 heteroatoms. The Balaban J connectivity index is 1.79. The van der Waals surface area contributed by atoms with Crippen LogP contribution in [0.2, 0.25) is 0 Å². The fourth-order valence-electron chi connectivity index (χ4n) is 3.37. The van der Waals surface area contributed by atoms with Crippen molar-refractivity contribution in [1.29, 1.82) is 0 Å². The predicted molar refractivity (Wildman–Crippen MR) is 102 cm³/mol. The third-order valence-corrected chi connectivity index (χ3v) is 5.01. The van der Waals surface area contributed by atoms with Gasteiger partial charge in [-0.05, 0) is 70.8 Å². The van der Waals surface area contributed by atoms with E-state index in [4.69, 9.17) is 0 Å². The van der Waals surface area contributed by atoms with E-state index in [9.17, 15) is 4.79 Å². The molecule has 0 aromatic heterocycles. The van der Waals surface area contributed by atoms with E-state index in [1.165, 1.54) is 11.3 Å². The summed E-state index contributed by atoms with van der Waals surface area (Å²) in [5, 5.41) is 3.21. The molecule has 2 rings (SSSR count). The summed E-state index contributed by atoms with van der Waals surface area (Å²) in [6, 6.07) is 9.32. The zero-order chi connectivity index (χ0) is 17.7. The van der Waals surface area contributed by atoms with E-state index >= 15 is 0 Å². The van der Waals surface area contributed by atoms with Crippen molar-refractivity contribution in [2.24, 2.45) is 5.92 Å². The van der Waals surface area contributed by atoms with Crippen LogP contribution < -0.4 is 10.2 Å². The Labute approximate surface area is 147 Å². The first-order chi connectivity index (χ1) is 11.4. The van der Waals surface area contributed by atoms with Crippen LogP contribution in [0.3, 0.4) is 0 Å². The van der Waals surface area contributed by atoms with Gasteiger partial charge in [-0.2, -0.15) is 0 Å². The van der Waals surface area contributed by atoms with Gasteiger partial charge in [-0.1, -0.05) is 12.1 Å². The number of nitrogens with one attached hydrogen (secondary N) is 1. The van der Waals surface area contributed by atoms with Crippen molar-refractivity contribution in [1.82, 2.24) is 10.2 Å². The first kappa shape index (κ1) is 18.8. The zero-order valence-corrected chi connectivity index (χ0v) is 15.9. The van der Waals surface area contributed by atoms with Crippen molar-refractivity contribution in [2.75, 3.05) is 32.1 Å². The number of amides is 1. The molecule has 1 saturated heterocycles. The van der Waals surface area contributed by atoms with Crippen LogP contribution >= 0.6 is 0 Å². The van der Waals surface area contributed by atoms with Crippen LogP contribution in [0.1, 0.15) is 39.2 Å². The lowest BCUT2D eigenvalue weighted by Crippen LogP contribution is -2.45. The van der Waals surface area contributed by atoms with Gasteiger partial charge in [-0.25, -0.2) is 0 Å². The molecule has 1 N–H and O–H groups in total. The molecule has 1 aliphatic heterocycles. The Bertz CT molecular complexity index is 516. The highest BCUT2D eigenvalue weighted by Crippen LogP contribution is 2.19. The van der Waals surface area contributed by atoms with Crippen LogP contribution in [-0.4, -0.2) is 50.1 Å². The minimum absolute atomic E-state index is 0.172. The lowest BCUT2D eigenvalue weighted by Gasteiger charge is -2.34. The smallest absolute Gasteiger partial charge is 0.223 e. The summed E-state index contributed by atoms with van der Waals surface area (Å²) in [5.41, 5.74) is 2.47. The van der Waals surface area contributed by atoms with E-state index in [1.807, 2.05) is 14.1 Å². The number of anilines is 1. The van der Waals surface area contributed by atoms with E-state index < -0.39 is 0 Å². The van der Waals surface area contributed by atoms with Crippen LogP contribution in [0.25, 0.3) is 0 Å². The van der Waals surface area contributed by atoms with Gasteiger partial charge in [0.2, 0.25) is 5.91 Å². The molecular formula is C20H33N3O. The quantitative estimate of drug-likeness (QED) is 0.870. The third kappa shape index (κ3) is 5.23. The standard InChI is InChI=1S/C20H33N3O/c1-15(2)23-12-10-18(11-13-23)20(24)21-16(3)14-17-6-8-19(9-7-17)22(4)5/h6-9,15-16,18H,10-14H2,1-5H3,(H,21,24)/t16-/m1/s1. The van der Waals surface area contributed by atoms with E-state index in [0.29, 0.717) is 6.04 Å². The Morgan fingerprint density at radius 2 is 1.75 bits per heavy atom. The average Bonchev–Trinajstić information content (AvgIpc) is 2.55. The topological polar surface area (TPSA) is 35.6 Å². The maximum atomic E-state index is 12.5. The molecule has 4 nitrogen and oxygen atoms in total. The van der Waals surface area contributed by atoms with Gasteiger partial charge in [0, 0.05) is 37.8 Å². The fourth-order valence-corrected chi connectivity index (χ4v) is 3.37. The molecule has 1 fully saturated rings. The minimum atomic E-state index is 0.172. The zero-order valence-electron chi connectivity index (χ0n) is 15.9. The maximum Gasteiger partial charge on any atom is 0.223 e. The number of carbonyl (C=O) groups is 1. The van der Waals surface area contributed by atoms with Gasteiger partial charge in [-0.15, -0.1) is 0 Å². The third-order valence-electron chi connectivity index (χ3n) is 5.01. The van der Waals surface area contributed by atoms with Gasteiger partial charge in [0.05, 0.1) is 0 Å². The molecular weight excluding hydrogens is 298 g/mol. The normalized spacial score (nSPS) is 17.8. The molecule has 134 valence electrons. The molecule has 0 saturated carbocycles. The Hall–Kier alpha value is -1.55. The lowest BCUT2D eigenvalue weighted by atomic mass is 9.94. The Kier molecular flexibility index (Phi) is 6.67. The summed E-state index contributed by atoms with van der Waals surface area (Å²) in [4.78, 5) is 17.0. The second-order valence-electron chi connectivity index (χ2n) is 7.58. The largest absolute Gasteiger partial charge is 0.378 e. The number of rotatable bonds is 6. The van der Waals surface area contributed by atoms with Gasteiger partial charge in [-0.3, -0.25) is 4.79 Å². The van der Waals surface area contributed by atoms with Crippen molar-refractivity contribution >= 4 is 11.6 Å². The first-order valence-electron chi connectivity index (χ1n) is 9.17. The average molecular weight is 332 g/mol. The van der Waals surface area contributed by atoms with Crippen LogP contribution in [-0.2, 0) is 11.2 Å². The Morgan fingerprint density at radius 1 is 1.17 bits per heavy atom. The van der Waals surface area contributed by atoms with Gasteiger partial charge >= 0.3 is 0 Å². The predicted octanol–water partition coefficient (Wildman–Crippen LogP) is 2.92. The van der Waals surface area contributed by atoms with Gasteiger partial charge in [0.1, 0.15) is 0 Å². The van der Waals surface area contributed by atoms with Crippen LogP contribution in [0.4, 0.5) is 5.69 Å². The van der Waals surface area contributed by atoms with Crippen molar-refractivity contribution in [3.63, 3.8) is 0 Å². The monoisotopic (exact) mass is 331 g/mol. The number of piperidine rings is 1. The molecule has 1 aromatic rings. The molecule has 0 radical (unpaired) electrons. The fraction of sp³-hybridized carbons (Fsp3) is 0.650. The molecule has 0 aliphatic carbocycles. The number of likely N-dealkylation sites (tertiary alicyclic amines) is 1. The van der Waals surface area contributed by atoms with E-state index in [-0.39, 0.29) is 17.9 Å². The molecule has 1 amide bonds. The van der Waals surface area contributed by atoms with Crippen molar-refractivity contribution in [3.8, 4) is 0 Å². The summed E-state index contributed by atoms with van der Waals surface area (Å²) in [5.74, 6) is 0.411. The van der Waals surface area contributed by atoms with Gasteiger partial charge < -0.3 is 15.1 Å². The highest BCUT2D eigenvalue weighted by molar-refractivity contribution is 5.79. The van der Waals surface area contributed by atoms with Gasteiger partial charge in [0.25, 0.3) is 0 Å². The summed E-state index contributed by atoms with van der Waals surface area (Å²) >= 11 is 0. The summed E-state index contributed by atoms with van der Waals surface area (Å²) in [6.45, 7) is 8.63. The molecule has 24 heavy (non-hydrogen) atoms. The van der Waals surface area contributed by atoms with E-state index in [2.05, 4.69) is 60.2 Å². The lowest BCUT2D eigenvalue weighted by molar-refractivity contribution is -0.127. The number of carbonyl (C=O) groups excluding carboxylic acids is 1. The molecule has 0 spiro atoms. The highest BCUT2D eigenvalue weighted by Gasteiger charge is 2.26. The van der Waals surface area contributed by atoms with Crippen LogP contribution in [0, 0.1) is 5.92 Å². The second-order valence-corrected chi connectivity index (χ2v) is 7.58. The van der Waals surface area contributed by atoms with E-state index in [0.717, 1.165) is 32.4 Å². The van der Waals surface area contributed by atoms with Gasteiger partial charge in [0.15, 0.2) is 0 Å². The minimum Gasteiger partial charge on any atom is -0.378 e. The maximum absolute atomic E-state index is 12.5. The number of benzene rings is 1. The molecule has 0 bridgehead atoms. The van der Waals surface area contributed by atoms with Crippen molar-refractivity contribution in [3.05, 3.63) is 29.8 Å². The summed E-state index contributed by atoms with van der Waals surface area (Å²) in [6.07, 6.45) is 2.84.